The van der Waals surface area contributed by atoms with Crippen LogP contribution < -0.4 is 0 Å². The highest BCUT2D eigenvalue weighted by atomic mass is 35.5. The van der Waals surface area contributed by atoms with E-state index in [1.54, 1.807) is 6.07 Å². The molecule has 4 heteroatoms. The van der Waals surface area contributed by atoms with Crippen molar-refractivity contribution in [2.75, 3.05) is 14.1 Å². The molecule has 0 spiro atoms. The average Bonchev–Trinajstić information content (AvgIpc) is 2.15. The van der Waals surface area contributed by atoms with Crippen molar-refractivity contribution in [1.29, 1.82) is 0 Å². The van der Waals surface area contributed by atoms with Crippen LogP contribution in [0.15, 0.2) is 24.3 Å². The van der Waals surface area contributed by atoms with Gasteiger partial charge in [0.15, 0.2) is 0 Å². The lowest BCUT2D eigenvalue weighted by molar-refractivity contribution is -0.138. The van der Waals surface area contributed by atoms with Crippen LogP contribution in [0.3, 0.4) is 0 Å². The number of hydrogen-bond donors (Lipinski definition) is 1. The predicted octanol–water partition coefficient (Wildman–Crippen LogP) is 2.42. The Morgan fingerprint density at radius 3 is 2.53 bits per heavy atom. The first kappa shape index (κ1) is 12.0. The van der Waals surface area contributed by atoms with Crippen LogP contribution in [0, 0.1) is 0 Å². The minimum Gasteiger partial charge on any atom is -0.481 e. The number of carboxylic acid groups (broad SMARTS) is 1. The van der Waals surface area contributed by atoms with Gasteiger partial charge >= 0.3 is 5.97 Å². The summed E-state index contributed by atoms with van der Waals surface area (Å²) in [5.41, 5.74) is 0.853. The summed E-state index contributed by atoms with van der Waals surface area (Å²) in [6, 6.07) is 7.14. The van der Waals surface area contributed by atoms with Gasteiger partial charge in [-0.15, -0.1) is 0 Å². The Kier molecular flexibility index (Phi) is 4.12. The Morgan fingerprint density at radius 1 is 1.47 bits per heavy atom. The topological polar surface area (TPSA) is 40.5 Å². The molecule has 1 rings (SSSR count). The summed E-state index contributed by atoms with van der Waals surface area (Å²) in [4.78, 5) is 12.6. The highest BCUT2D eigenvalue weighted by Gasteiger charge is 2.19. The third kappa shape index (κ3) is 3.22. The second-order valence-electron chi connectivity index (χ2n) is 3.60. The first-order valence-corrected chi connectivity index (χ1v) is 5.03. The molecule has 1 unspecified atom stereocenters. The lowest BCUT2D eigenvalue weighted by Crippen LogP contribution is -2.23. The zero-order valence-corrected chi connectivity index (χ0v) is 9.53. The number of benzene rings is 1. The van der Waals surface area contributed by atoms with Crippen molar-refractivity contribution in [3.05, 3.63) is 34.9 Å². The molecular formula is C11H14ClNO2. The number of carbonyl (C=O) groups is 1. The molecule has 1 N–H and O–H groups in total. The van der Waals surface area contributed by atoms with Gasteiger partial charge in [-0.05, 0) is 25.7 Å². The molecule has 0 aliphatic rings. The Bertz CT molecular complexity index is 352. The third-order valence-corrected chi connectivity index (χ3v) is 2.60. The van der Waals surface area contributed by atoms with E-state index in [2.05, 4.69) is 0 Å². The van der Waals surface area contributed by atoms with E-state index in [-0.39, 0.29) is 12.5 Å². The van der Waals surface area contributed by atoms with Crippen LogP contribution in [0.5, 0.6) is 0 Å². The normalized spacial score (nSPS) is 12.8. The fourth-order valence-electron chi connectivity index (χ4n) is 1.48. The molecule has 0 fully saturated rings. The molecule has 1 aromatic carbocycles. The molecule has 0 radical (unpaired) electrons. The predicted molar refractivity (Wildman–Crippen MR) is 60.1 cm³/mol. The van der Waals surface area contributed by atoms with E-state index in [4.69, 9.17) is 16.7 Å². The van der Waals surface area contributed by atoms with Crippen molar-refractivity contribution in [1.82, 2.24) is 4.90 Å². The van der Waals surface area contributed by atoms with Gasteiger partial charge in [0.05, 0.1) is 6.42 Å². The minimum absolute atomic E-state index is 0.0523. The van der Waals surface area contributed by atoms with Gasteiger partial charge in [0.1, 0.15) is 0 Å². The Hall–Kier alpha value is -1.06. The fraction of sp³-hybridized carbons (Fsp3) is 0.364. The highest BCUT2D eigenvalue weighted by Crippen LogP contribution is 2.28. The second-order valence-corrected chi connectivity index (χ2v) is 4.01. The third-order valence-electron chi connectivity index (χ3n) is 2.26. The molecular weight excluding hydrogens is 214 g/mol. The lowest BCUT2D eigenvalue weighted by Gasteiger charge is -2.23. The molecule has 15 heavy (non-hydrogen) atoms. The molecule has 0 aliphatic heterocycles. The molecule has 0 amide bonds. The van der Waals surface area contributed by atoms with E-state index in [1.807, 2.05) is 37.2 Å². The van der Waals surface area contributed by atoms with Gasteiger partial charge in [-0.25, -0.2) is 0 Å². The van der Waals surface area contributed by atoms with Crippen molar-refractivity contribution in [2.24, 2.45) is 0 Å². The molecule has 82 valence electrons. The summed E-state index contributed by atoms with van der Waals surface area (Å²) in [7, 11) is 3.69. The van der Waals surface area contributed by atoms with Crippen LogP contribution in [0.4, 0.5) is 0 Å². The Balaban J connectivity index is 2.99. The maximum Gasteiger partial charge on any atom is 0.305 e. The maximum absolute atomic E-state index is 10.7. The van der Waals surface area contributed by atoms with E-state index >= 15 is 0 Å². The molecule has 1 aromatic rings. The number of carboxylic acids is 1. The molecule has 0 bridgehead atoms. The maximum atomic E-state index is 10.7. The van der Waals surface area contributed by atoms with Crippen molar-refractivity contribution in [3.63, 3.8) is 0 Å². The highest BCUT2D eigenvalue weighted by molar-refractivity contribution is 6.31. The van der Waals surface area contributed by atoms with Crippen LogP contribution in [-0.2, 0) is 4.79 Å². The zero-order chi connectivity index (χ0) is 11.4. The van der Waals surface area contributed by atoms with E-state index in [1.165, 1.54) is 0 Å². The van der Waals surface area contributed by atoms with Crippen molar-refractivity contribution in [3.8, 4) is 0 Å². The summed E-state index contributed by atoms with van der Waals surface area (Å²) in [6.07, 6.45) is 0.0523. The smallest absolute Gasteiger partial charge is 0.305 e. The van der Waals surface area contributed by atoms with Crippen molar-refractivity contribution >= 4 is 17.6 Å². The summed E-state index contributed by atoms with van der Waals surface area (Å²) in [5, 5.41) is 9.42. The zero-order valence-electron chi connectivity index (χ0n) is 8.77. The van der Waals surface area contributed by atoms with Crippen molar-refractivity contribution in [2.45, 2.75) is 12.5 Å². The van der Waals surface area contributed by atoms with Gasteiger partial charge in [-0.3, -0.25) is 4.79 Å². The molecule has 0 heterocycles. The van der Waals surface area contributed by atoms with Gasteiger partial charge in [0.2, 0.25) is 0 Å². The van der Waals surface area contributed by atoms with Crippen LogP contribution in [0.2, 0.25) is 5.02 Å². The summed E-state index contributed by atoms with van der Waals surface area (Å²) in [5.74, 6) is -0.825. The average molecular weight is 228 g/mol. The van der Waals surface area contributed by atoms with Crippen molar-refractivity contribution < 1.29 is 9.90 Å². The van der Waals surface area contributed by atoms with Gasteiger partial charge in [-0.1, -0.05) is 29.8 Å². The molecule has 0 saturated carbocycles. The van der Waals surface area contributed by atoms with E-state index in [9.17, 15) is 4.79 Å². The molecule has 3 nitrogen and oxygen atoms in total. The number of hydrogen-bond acceptors (Lipinski definition) is 2. The van der Waals surface area contributed by atoms with E-state index < -0.39 is 5.97 Å². The van der Waals surface area contributed by atoms with Crippen LogP contribution in [0.1, 0.15) is 18.0 Å². The fourth-order valence-corrected chi connectivity index (χ4v) is 1.74. The first-order valence-electron chi connectivity index (χ1n) is 4.65. The summed E-state index contributed by atoms with van der Waals surface area (Å²) in [6.45, 7) is 0. The van der Waals surface area contributed by atoms with E-state index in [0.29, 0.717) is 5.02 Å². The quantitative estimate of drug-likeness (QED) is 0.859. The summed E-state index contributed by atoms with van der Waals surface area (Å²) >= 11 is 6.03. The standard InChI is InChI=1S/C11H14ClNO2/c1-13(2)10(7-11(14)15)8-5-3-4-6-9(8)12/h3-6,10H,7H2,1-2H3,(H,14,15). The summed E-state index contributed by atoms with van der Waals surface area (Å²) < 4.78 is 0. The van der Waals surface area contributed by atoms with Gasteiger partial charge in [0.25, 0.3) is 0 Å². The monoisotopic (exact) mass is 227 g/mol. The first-order chi connectivity index (χ1) is 7.02. The Morgan fingerprint density at radius 2 is 2.07 bits per heavy atom. The van der Waals surface area contributed by atoms with Gasteiger partial charge in [-0.2, -0.15) is 0 Å². The van der Waals surface area contributed by atoms with Crippen LogP contribution >= 0.6 is 11.6 Å². The van der Waals surface area contributed by atoms with Gasteiger partial charge in [0, 0.05) is 11.1 Å². The number of rotatable bonds is 4. The van der Waals surface area contributed by atoms with Crippen LogP contribution in [0.25, 0.3) is 0 Å². The molecule has 1 atom stereocenters. The number of nitrogens with zero attached hydrogens (tertiary/aromatic N) is 1. The lowest BCUT2D eigenvalue weighted by atomic mass is 10.0. The number of aliphatic carboxylic acids is 1. The molecule has 0 saturated heterocycles. The van der Waals surface area contributed by atoms with Crippen LogP contribution in [-0.4, -0.2) is 30.1 Å². The molecule has 0 aliphatic carbocycles. The SMILES string of the molecule is CN(C)C(CC(=O)O)c1ccccc1Cl. The largest absolute Gasteiger partial charge is 0.481 e. The van der Waals surface area contributed by atoms with E-state index in [0.717, 1.165) is 5.56 Å². The Labute approximate surface area is 94.3 Å². The minimum atomic E-state index is -0.825. The second kappa shape index (κ2) is 5.14. The number of halogens is 1. The molecule has 0 aromatic heterocycles. The van der Waals surface area contributed by atoms with Gasteiger partial charge < -0.3 is 10.0 Å².